The number of rotatable bonds is 3. The first-order valence-electron chi connectivity index (χ1n) is 8.57. The van der Waals surface area contributed by atoms with Gasteiger partial charge in [0, 0.05) is 41.9 Å². The number of nitrogens with one attached hydrogen (secondary N) is 1. The van der Waals surface area contributed by atoms with Crippen molar-refractivity contribution in [1.82, 2.24) is 19.9 Å². The SMILES string of the molecule is Cl.NC(C(=O)N1CCN(c2ncnc3[nH]cc(Br)c23)CC1)c1ccc(Cl)cc1. The molecule has 1 aliphatic rings. The molecule has 0 radical (unpaired) electrons. The number of piperazine rings is 1. The van der Waals surface area contributed by atoms with E-state index in [1.807, 2.05) is 6.20 Å². The van der Waals surface area contributed by atoms with E-state index in [1.165, 1.54) is 0 Å². The lowest BCUT2D eigenvalue weighted by Crippen LogP contribution is -2.51. The quantitative estimate of drug-likeness (QED) is 0.594. The summed E-state index contributed by atoms with van der Waals surface area (Å²) in [6.45, 7) is 2.55. The second kappa shape index (κ2) is 8.65. The van der Waals surface area contributed by atoms with Gasteiger partial charge in [0.1, 0.15) is 23.8 Å². The predicted molar refractivity (Wildman–Crippen MR) is 116 cm³/mol. The Hall–Kier alpha value is -1.87. The van der Waals surface area contributed by atoms with Crippen LogP contribution in [0.15, 0.2) is 41.3 Å². The van der Waals surface area contributed by atoms with E-state index in [2.05, 4.69) is 35.8 Å². The number of H-pyrrole nitrogens is 1. The number of hydrogen-bond donors (Lipinski definition) is 2. The summed E-state index contributed by atoms with van der Waals surface area (Å²) in [5.41, 5.74) is 7.72. The number of amides is 1. The molecule has 4 rings (SSSR count). The van der Waals surface area contributed by atoms with E-state index < -0.39 is 6.04 Å². The molecule has 28 heavy (non-hydrogen) atoms. The minimum absolute atomic E-state index is 0. The number of carbonyl (C=O) groups is 1. The topological polar surface area (TPSA) is 91.1 Å². The van der Waals surface area contributed by atoms with Crippen molar-refractivity contribution in [1.29, 1.82) is 0 Å². The van der Waals surface area contributed by atoms with Crippen LogP contribution in [0.4, 0.5) is 5.82 Å². The molecule has 1 saturated heterocycles. The standard InChI is InChI=1S/C18H18BrClN6O.ClH/c19-13-9-22-16-14(13)17(24-10-23-16)25-5-7-26(8-6-25)18(27)15(21)11-1-3-12(20)4-2-11;/h1-4,9-10,15H,5-8,21H2,(H,22,23,24);1H. The van der Waals surface area contributed by atoms with Crippen LogP contribution in [-0.4, -0.2) is 51.9 Å². The highest BCUT2D eigenvalue weighted by atomic mass is 79.9. The molecule has 1 aromatic carbocycles. The first kappa shape index (κ1) is 20.9. The Morgan fingerprint density at radius 3 is 2.54 bits per heavy atom. The van der Waals surface area contributed by atoms with Gasteiger partial charge in [0.15, 0.2) is 0 Å². The highest BCUT2D eigenvalue weighted by molar-refractivity contribution is 9.10. The Labute approximate surface area is 181 Å². The Morgan fingerprint density at radius 2 is 1.86 bits per heavy atom. The summed E-state index contributed by atoms with van der Waals surface area (Å²) in [4.78, 5) is 28.6. The molecule has 1 amide bonds. The third-order valence-corrected chi connectivity index (χ3v) is 5.67. The molecular formula is C18H19BrCl2N6O. The van der Waals surface area contributed by atoms with Crippen molar-refractivity contribution in [2.75, 3.05) is 31.1 Å². The van der Waals surface area contributed by atoms with Gasteiger partial charge in [-0.15, -0.1) is 12.4 Å². The number of nitrogens with two attached hydrogens (primary N) is 1. The van der Waals surface area contributed by atoms with E-state index >= 15 is 0 Å². The molecule has 7 nitrogen and oxygen atoms in total. The van der Waals surface area contributed by atoms with Crippen LogP contribution < -0.4 is 10.6 Å². The molecule has 3 aromatic rings. The zero-order chi connectivity index (χ0) is 19.0. The second-order valence-corrected chi connectivity index (χ2v) is 7.69. The molecule has 3 N–H and O–H groups in total. The maximum absolute atomic E-state index is 12.8. The van der Waals surface area contributed by atoms with Crippen LogP contribution in [0, 0.1) is 0 Å². The second-order valence-electron chi connectivity index (χ2n) is 6.40. The molecule has 0 aliphatic carbocycles. The maximum Gasteiger partial charge on any atom is 0.244 e. The number of benzene rings is 1. The highest BCUT2D eigenvalue weighted by Gasteiger charge is 2.27. The lowest BCUT2D eigenvalue weighted by atomic mass is 10.1. The average molecular weight is 486 g/mol. The van der Waals surface area contributed by atoms with Gasteiger partial charge in [0.25, 0.3) is 0 Å². The van der Waals surface area contributed by atoms with Crippen LogP contribution >= 0.6 is 39.9 Å². The molecule has 1 aliphatic heterocycles. The van der Waals surface area contributed by atoms with Gasteiger partial charge in [-0.3, -0.25) is 4.79 Å². The highest BCUT2D eigenvalue weighted by Crippen LogP contribution is 2.30. The minimum atomic E-state index is -0.682. The lowest BCUT2D eigenvalue weighted by Gasteiger charge is -2.36. The summed E-state index contributed by atoms with van der Waals surface area (Å²) in [6.07, 6.45) is 3.41. The Kier molecular flexibility index (Phi) is 6.44. The van der Waals surface area contributed by atoms with E-state index in [0.29, 0.717) is 31.2 Å². The van der Waals surface area contributed by atoms with Crippen molar-refractivity contribution in [3.63, 3.8) is 0 Å². The third-order valence-electron chi connectivity index (χ3n) is 4.79. The lowest BCUT2D eigenvalue weighted by molar-refractivity contribution is -0.133. The number of aromatic amines is 1. The zero-order valence-electron chi connectivity index (χ0n) is 14.8. The summed E-state index contributed by atoms with van der Waals surface area (Å²) in [7, 11) is 0. The van der Waals surface area contributed by atoms with Crippen molar-refractivity contribution in [3.05, 3.63) is 51.8 Å². The van der Waals surface area contributed by atoms with E-state index in [-0.39, 0.29) is 18.3 Å². The monoisotopic (exact) mass is 484 g/mol. The average Bonchev–Trinajstić information content (AvgIpc) is 3.09. The molecule has 148 valence electrons. The van der Waals surface area contributed by atoms with Crippen LogP contribution in [0.3, 0.4) is 0 Å². The number of hydrogen-bond acceptors (Lipinski definition) is 5. The summed E-state index contributed by atoms with van der Waals surface area (Å²) >= 11 is 9.45. The van der Waals surface area contributed by atoms with Gasteiger partial charge in [-0.1, -0.05) is 23.7 Å². The minimum Gasteiger partial charge on any atom is -0.352 e. The maximum atomic E-state index is 12.8. The van der Waals surface area contributed by atoms with E-state index in [4.69, 9.17) is 17.3 Å². The molecule has 0 saturated carbocycles. The fraction of sp³-hybridized carbons (Fsp3) is 0.278. The molecule has 1 unspecified atom stereocenters. The van der Waals surface area contributed by atoms with Crippen LogP contribution in [-0.2, 0) is 4.79 Å². The van der Waals surface area contributed by atoms with Crippen LogP contribution in [0.25, 0.3) is 11.0 Å². The van der Waals surface area contributed by atoms with Crippen LogP contribution in [0.2, 0.25) is 5.02 Å². The molecule has 2 aromatic heterocycles. The summed E-state index contributed by atoms with van der Waals surface area (Å²) in [6, 6.07) is 6.40. The Balaban J connectivity index is 0.00000225. The van der Waals surface area contributed by atoms with E-state index in [0.717, 1.165) is 26.9 Å². The van der Waals surface area contributed by atoms with Gasteiger partial charge < -0.3 is 20.5 Å². The Bertz CT molecular complexity index is 972. The van der Waals surface area contributed by atoms with E-state index in [9.17, 15) is 4.79 Å². The molecule has 0 spiro atoms. The third kappa shape index (κ3) is 3.96. The van der Waals surface area contributed by atoms with Crippen LogP contribution in [0.1, 0.15) is 11.6 Å². The number of fused-ring (bicyclic) bond motifs is 1. The number of carbonyl (C=O) groups excluding carboxylic acids is 1. The van der Waals surface area contributed by atoms with Gasteiger partial charge in [-0.25, -0.2) is 9.97 Å². The molecule has 10 heteroatoms. The van der Waals surface area contributed by atoms with Gasteiger partial charge in [-0.05, 0) is 33.6 Å². The smallest absolute Gasteiger partial charge is 0.244 e. The molecule has 1 atom stereocenters. The molecule has 1 fully saturated rings. The van der Waals surface area contributed by atoms with Crippen molar-refractivity contribution in [2.45, 2.75) is 6.04 Å². The van der Waals surface area contributed by atoms with Crippen LogP contribution in [0.5, 0.6) is 0 Å². The first-order valence-corrected chi connectivity index (χ1v) is 9.74. The fourth-order valence-corrected chi connectivity index (χ4v) is 3.90. The summed E-state index contributed by atoms with van der Waals surface area (Å²) in [5, 5.41) is 1.58. The Morgan fingerprint density at radius 1 is 1.18 bits per heavy atom. The predicted octanol–water partition coefficient (Wildman–Crippen LogP) is 3.14. The van der Waals surface area contributed by atoms with Gasteiger partial charge in [0.2, 0.25) is 5.91 Å². The molecule has 0 bridgehead atoms. The number of halogens is 3. The molecular weight excluding hydrogens is 467 g/mol. The molecule has 3 heterocycles. The van der Waals surface area contributed by atoms with Gasteiger partial charge >= 0.3 is 0 Å². The fourth-order valence-electron chi connectivity index (χ4n) is 3.30. The zero-order valence-corrected chi connectivity index (χ0v) is 18.0. The van der Waals surface area contributed by atoms with Crippen molar-refractivity contribution in [2.24, 2.45) is 5.73 Å². The summed E-state index contributed by atoms with van der Waals surface area (Å²) in [5.74, 6) is 0.787. The number of aromatic nitrogens is 3. The normalized spacial score (nSPS) is 15.4. The van der Waals surface area contributed by atoms with Gasteiger partial charge in [0.05, 0.1) is 5.39 Å². The largest absolute Gasteiger partial charge is 0.352 e. The first-order chi connectivity index (χ1) is 13.0. The van der Waals surface area contributed by atoms with Gasteiger partial charge in [-0.2, -0.15) is 0 Å². The van der Waals surface area contributed by atoms with E-state index in [1.54, 1.807) is 35.5 Å². The van der Waals surface area contributed by atoms with Crippen molar-refractivity contribution in [3.8, 4) is 0 Å². The summed E-state index contributed by atoms with van der Waals surface area (Å²) < 4.78 is 0.927. The number of anilines is 1. The van der Waals surface area contributed by atoms with Crippen molar-refractivity contribution >= 4 is 62.7 Å². The number of nitrogens with zero attached hydrogens (tertiary/aromatic N) is 4. The van der Waals surface area contributed by atoms with Crippen molar-refractivity contribution < 1.29 is 4.79 Å².